The van der Waals surface area contributed by atoms with E-state index >= 15 is 0 Å². The Morgan fingerprint density at radius 3 is 2.36 bits per heavy atom. The number of hydrogen-bond donors (Lipinski definition) is 0. The molecule has 1 aromatic rings. The molecule has 0 N–H and O–H groups in total. The fourth-order valence-electron chi connectivity index (χ4n) is 3.57. The van der Waals surface area contributed by atoms with Crippen molar-refractivity contribution in [3.05, 3.63) is 29.3 Å². The summed E-state index contributed by atoms with van der Waals surface area (Å²) >= 11 is 5.84. The number of amides is 1. The molecule has 0 bridgehead atoms. The van der Waals surface area contributed by atoms with Gasteiger partial charge in [0.25, 0.3) is 10.1 Å². The third-order valence-corrected chi connectivity index (χ3v) is 6.07. The van der Waals surface area contributed by atoms with Gasteiger partial charge < -0.3 is 9.64 Å². The van der Waals surface area contributed by atoms with Gasteiger partial charge in [-0.2, -0.15) is 8.42 Å². The highest BCUT2D eigenvalue weighted by Gasteiger charge is 2.27. The minimum absolute atomic E-state index is 0.208. The van der Waals surface area contributed by atoms with Crippen LogP contribution in [0.15, 0.2) is 24.3 Å². The van der Waals surface area contributed by atoms with Crippen molar-refractivity contribution in [2.24, 2.45) is 5.92 Å². The van der Waals surface area contributed by atoms with E-state index in [1.165, 1.54) is 0 Å². The van der Waals surface area contributed by atoms with Crippen LogP contribution in [0.4, 0.5) is 4.79 Å². The van der Waals surface area contributed by atoms with E-state index in [1.807, 2.05) is 0 Å². The molecule has 2 rings (SSSR count). The van der Waals surface area contributed by atoms with Crippen molar-refractivity contribution in [1.29, 1.82) is 0 Å². The lowest BCUT2D eigenvalue weighted by molar-refractivity contribution is 0.123. The van der Waals surface area contributed by atoms with Crippen LogP contribution in [-0.2, 0) is 14.3 Å². The van der Waals surface area contributed by atoms with Crippen LogP contribution in [0.1, 0.15) is 51.4 Å². The summed E-state index contributed by atoms with van der Waals surface area (Å²) in [4.78, 5) is 14.0. The second-order valence-corrected chi connectivity index (χ2v) is 9.56. The molecular weight excluding hydrogens is 402 g/mol. The molecule has 0 heterocycles. The molecule has 1 saturated carbocycles. The third kappa shape index (κ3) is 8.37. The topological polar surface area (TPSA) is 72.9 Å². The highest BCUT2D eigenvalue weighted by Crippen LogP contribution is 2.31. The molecule has 0 unspecified atom stereocenters. The lowest BCUT2D eigenvalue weighted by Crippen LogP contribution is -2.41. The van der Waals surface area contributed by atoms with Crippen molar-refractivity contribution in [3.63, 3.8) is 0 Å². The van der Waals surface area contributed by atoms with Crippen molar-refractivity contribution in [1.82, 2.24) is 4.90 Å². The fraction of sp³-hybridized carbons (Fsp3) is 0.650. The normalized spacial score (nSPS) is 20.0. The number of unbranched alkanes of at least 4 members (excludes halogenated alkanes) is 2. The van der Waals surface area contributed by atoms with Gasteiger partial charge in [0.15, 0.2) is 0 Å². The molecule has 0 saturated heterocycles. The second-order valence-electron chi connectivity index (χ2n) is 7.48. The summed E-state index contributed by atoms with van der Waals surface area (Å²) in [6.45, 7) is 0.270. The van der Waals surface area contributed by atoms with Gasteiger partial charge in [0.2, 0.25) is 0 Å². The lowest BCUT2D eigenvalue weighted by atomic mass is 9.82. The maximum absolute atomic E-state index is 12.3. The number of carbonyl (C=O) groups is 1. The largest absolute Gasteiger partial charge is 0.415 e. The van der Waals surface area contributed by atoms with E-state index in [0.717, 1.165) is 57.6 Å². The van der Waals surface area contributed by atoms with Crippen molar-refractivity contribution < 1.29 is 22.1 Å². The molecule has 158 valence electrons. The Bertz CT molecular complexity index is 715. The van der Waals surface area contributed by atoms with Gasteiger partial charge in [0.05, 0.1) is 12.9 Å². The van der Waals surface area contributed by atoms with E-state index in [4.69, 9.17) is 20.5 Å². The molecule has 8 heteroatoms. The van der Waals surface area contributed by atoms with E-state index < -0.39 is 10.1 Å². The number of nitrogens with zero attached hydrogens (tertiary/aromatic N) is 1. The minimum atomic E-state index is -3.32. The van der Waals surface area contributed by atoms with Crippen LogP contribution in [0, 0.1) is 5.92 Å². The van der Waals surface area contributed by atoms with Crippen molar-refractivity contribution >= 4 is 27.8 Å². The molecule has 28 heavy (non-hydrogen) atoms. The van der Waals surface area contributed by atoms with Crippen LogP contribution in [0.25, 0.3) is 0 Å². The van der Waals surface area contributed by atoms with Crippen LogP contribution in [0.5, 0.6) is 5.75 Å². The zero-order valence-electron chi connectivity index (χ0n) is 16.6. The molecule has 0 aliphatic heterocycles. The highest BCUT2D eigenvalue weighted by molar-refractivity contribution is 7.85. The standard InChI is InChI=1S/C20H30ClNO5S/c1-22(20(23)27-19-13-9-17(21)10-14-19)18-11-7-16(8-12-18)6-4-3-5-15-26-28(2,24)25/h9-10,13-14,16,18H,3-8,11-12,15H2,1-2H3. The smallest absolute Gasteiger partial charge is 0.410 e. The summed E-state index contributed by atoms with van der Waals surface area (Å²) in [5, 5.41) is 0.606. The third-order valence-electron chi connectivity index (χ3n) is 5.22. The first kappa shape index (κ1) is 23.0. The molecule has 0 radical (unpaired) electrons. The Morgan fingerprint density at radius 1 is 1.11 bits per heavy atom. The summed E-state index contributed by atoms with van der Waals surface area (Å²) < 4.78 is 32.0. The van der Waals surface area contributed by atoms with Gasteiger partial charge in [0, 0.05) is 18.1 Å². The average molecular weight is 432 g/mol. The average Bonchev–Trinajstić information content (AvgIpc) is 2.65. The SMILES string of the molecule is CN(C(=O)Oc1ccc(Cl)cc1)C1CCC(CCCCCOS(C)(=O)=O)CC1. The minimum Gasteiger partial charge on any atom is -0.410 e. The van der Waals surface area contributed by atoms with E-state index in [1.54, 1.807) is 36.2 Å². The molecule has 6 nitrogen and oxygen atoms in total. The molecule has 0 atom stereocenters. The molecule has 1 fully saturated rings. The second kappa shape index (κ2) is 11.0. The first-order valence-corrected chi connectivity index (χ1v) is 12.0. The Morgan fingerprint density at radius 2 is 1.75 bits per heavy atom. The van der Waals surface area contributed by atoms with Crippen molar-refractivity contribution in [2.45, 2.75) is 57.4 Å². The van der Waals surface area contributed by atoms with Gasteiger partial charge in [-0.3, -0.25) is 4.18 Å². The van der Waals surface area contributed by atoms with Crippen molar-refractivity contribution in [3.8, 4) is 5.75 Å². The Balaban J connectivity index is 1.62. The number of hydrogen-bond acceptors (Lipinski definition) is 5. The quantitative estimate of drug-likeness (QED) is 0.412. The lowest BCUT2D eigenvalue weighted by Gasteiger charge is -2.34. The van der Waals surface area contributed by atoms with E-state index in [2.05, 4.69) is 0 Å². The van der Waals surface area contributed by atoms with Gasteiger partial charge >= 0.3 is 6.09 Å². The number of rotatable bonds is 9. The molecule has 1 aromatic carbocycles. The predicted molar refractivity (Wildman–Crippen MR) is 110 cm³/mol. The molecule has 0 aromatic heterocycles. The van der Waals surface area contributed by atoms with Crippen LogP contribution >= 0.6 is 11.6 Å². The Kier molecular flexibility index (Phi) is 9.05. The number of ether oxygens (including phenoxy) is 1. The Hall–Kier alpha value is -1.31. The molecular formula is C20H30ClNO5S. The van der Waals surface area contributed by atoms with E-state index in [9.17, 15) is 13.2 Å². The van der Waals surface area contributed by atoms with Gasteiger partial charge in [-0.15, -0.1) is 0 Å². The first-order valence-electron chi connectivity index (χ1n) is 9.79. The monoisotopic (exact) mass is 431 g/mol. The summed E-state index contributed by atoms with van der Waals surface area (Å²) in [6, 6.07) is 6.97. The molecule has 1 aliphatic carbocycles. The van der Waals surface area contributed by atoms with Crippen molar-refractivity contribution in [2.75, 3.05) is 19.9 Å². The predicted octanol–water partition coefficient (Wildman–Crippen LogP) is 4.87. The summed E-state index contributed by atoms with van der Waals surface area (Å²) in [6.07, 6.45) is 8.87. The number of halogens is 1. The summed E-state index contributed by atoms with van der Waals surface area (Å²) in [5.74, 6) is 1.17. The van der Waals surface area contributed by atoms with E-state index in [-0.39, 0.29) is 18.7 Å². The van der Waals surface area contributed by atoms with Gasteiger partial charge in [0.1, 0.15) is 5.75 Å². The fourth-order valence-corrected chi connectivity index (χ4v) is 4.11. The number of benzene rings is 1. The Labute approximate surface area is 173 Å². The zero-order chi connectivity index (χ0) is 20.6. The molecule has 1 aliphatic rings. The zero-order valence-corrected chi connectivity index (χ0v) is 18.2. The van der Waals surface area contributed by atoms with Crippen LogP contribution < -0.4 is 4.74 Å². The highest BCUT2D eigenvalue weighted by atomic mass is 35.5. The molecule has 1 amide bonds. The van der Waals surface area contributed by atoms with E-state index in [0.29, 0.717) is 16.7 Å². The van der Waals surface area contributed by atoms with Crippen LogP contribution in [0.3, 0.4) is 0 Å². The van der Waals surface area contributed by atoms with Gasteiger partial charge in [-0.25, -0.2) is 4.79 Å². The van der Waals surface area contributed by atoms with Crippen LogP contribution in [0.2, 0.25) is 5.02 Å². The maximum Gasteiger partial charge on any atom is 0.415 e. The van der Waals surface area contributed by atoms with Crippen LogP contribution in [-0.4, -0.2) is 45.4 Å². The number of carbonyl (C=O) groups excluding carboxylic acids is 1. The molecule has 0 spiro atoms. The summed E-state index contributed by atoms with van der Waals surface area (Å²) in [5.41, 5.74) is 0. The summed E-state index contributed by atoms with van der Waals surface area (Å²) in [7, 11) is -1.53. The van der Waals surface area contributed by atoms with Gasteiger partial charge in [-0.05, 0) is 62.3 Å². The van der Waals surface area contributed by atoms with Gasteiger partial charge in [-0.1, -0.05) is 30.9 Å². The first-order chi connectivity index (χ1) is 13.2. The maximum atomic E-state index is 12.3.